The van der Waals surface area contributed by atoms with Crippen LogP contribution in [0.15, 0.2) is 24.3 Å². The predicted octanol–water partition coefficient (Wildman–Crippen LogP) is 2.86. The molecule has 0 bridgehead atoms. The summed E-state index contributed by atoms with van der Waals surface area (Å²) in [6.45, 7) is 5.87. The molecule has 1 aromatic carbocycles. The fraction of sp³-hybridized carbons (Fsp3) is 0.579. The second-order valence-corrected chi connectivity index (χ2v) is 6.71. The standard InChI is InChI=1S/C19H27NO4/c1-13-6-4-8-16(10-13)23-12-19(22)24-11-18(21)20-17-9-5-7-14(2)15(17)3/h4,6,8,10,14-15,17H,5,7,9,11-12H2,1-3H3,(H,20,21)/t14-,15+,17+/m0/s1. The molecule has 0 heterocycles. The quantitative estimate of drug-likeness (QED) is 0.813. The van der Waals surface area contributed by atoms with E-state index in [0.717, 1.165) is 18.4 Å². The molecule has 0 unspecified atom stereocenters. The summed E-state index contributed by atoms with van der Waals surface area (Å²) in [5, 5.41) is 2.98. The lowest BCUT2D eigenvalue weighted by atomic mass is 9.78. The van der Waals surface area contributed by atoms with Crippen LogP contribution in [0.5, 0.6) is 5.75 Å². The summed E-state index contributed by atoms with van der Waals surface area (Å²) in [5.41, 5.74) is 1.05. The summed E-state index contributed by atoms with van der Waals surface area (Å²) in [4.78, 5) is 23.6. The molecule has 24 heavy (non-hydrogen) atoms. The normalized spacial score (nSPS) is 23.4. The first-order valence-corrected chi connectivity index (χ1v) is 8.60. The summed E-state index contributed by atoms with van der Waals surface area (Å²) in [7, 11) is 0. The van der Waals surface area contributed by atoms with Gasteiger partial charge in [0.25, 0.3) is 5.91 Å². The Labute approximate surface area is 143 Å². The highest BCUT2D eigenvalue weighted by atomic mass is 16.6. The number of hydrogen-bond acceptors (Lipinski definition) is 4. The van der Waals surface area contributed by atoms with E-state index in [2.05, 4.69) is 19.2 Å². The van der Waals surface area contributed by atoms with E-state index in [-0.39, 0.29) is 25.2 Å². The number of nitrogens with one attached hydrogen (secondary N) is 1. The van der Waals surface area contributed by atoms with Gasteiger partial charge in [0.05, 0.1) is 0 Å². The lowest BCUT2D eigenvalue weighted by Crippen LogP contribution is -2.45. The van der Waals surface area contributed by atoms with Crippen LogP contribution in [0.4, 0.5) is 0 Å². The average molecular weight is 333 g/mol. The third-order valence-electron chi connectivity index (χ3n) is 4.76. The van der Waals surface area contributed by atoms with Crippen LogP contribution in [0.3, 0.4) is 0 Å². The molecule has 0 aromatic heterocycles. The molecule has 1 aliphatic carbocycles. The minimum atomic E-state index is -0.545. The van der Waals surface area contributed by atoms with Gasteiger partial charge in [-0.15, -0.1) is 0 Å². The third-order valence-corrected chi connectivity index (χ3v) is 4.76. The molecule has 2 rings (SSSR count). The Hall–Kier alpha value is -2.04. The Balaban J connectivity index is 1.68. The molecule has 132 valence electrons. The van der Waals surface area contributed by atoms with Crippen molar-refractivity contribution in [2.24, 2.45) is 11.8 Å². The van der Waals surface area contributed by atoms with Crippen molar-refractivity contribution in [3.63, 3.8) is 0 Å². The van der Waals surface area contributed by atoms with Crippen molar-refractivity contribution in [3.05, 3.63) is 29.8 Å². The summed E-state index contributed by atoms with van der Waals surface area (Å²) in [6, 6.07) is 7.59. The molecule has 3 atom stereocenters. The van der Waals surface area contributed by atoms with E-state index >= 15 is 0 Å². The zero-order valence-corrected chi connectivity index (χ0v) is 14.7. The minimum Gasteiger partial charge on any atom is -0.482 e. The molecule has 5 nitrogen and oxygen atoms in total. The van der Waals surface area contributed by atoms with Crippen LogP contribution in [0.25, 0.3) is 0 Å². The summed E-state index contributed by atoms with van der Waals surface area (Å²) < 4.78 is 10.3. The van der Waals surface area contributed by atoms with Crippen molar-refractivity contribution in [1.29, 1.82) is 0 Å². The lowest BCUT2D eigenvalue weighted by molar-refractivity contribution is -0.150. The van der Waals surface area contributed by atoms with Gasteiger partial charge in [0.15, 0.2) is 13.2 Å². The highest BCUT2D eigenvalue weighted by molar-refractivity contribution is 5.81. The molecule has 0 radical (unpaired) electrons. The molecule has 0 saturated heterocycles. The van der Waals surface area contributed by atoms with Crippen LogP contribution in [-0.2, 0) is 14.3 Å². The van der Waals surface area contributed by atoms with Crippen molar-refractivity contribution in [2.75, 3.05) is 13.2 Å². The molecule has 5 heteroatoms. The molecule has 1 aromatic rings. The number of aryl methyl sites for hydroxylation is 1. The van der Waals surface area contributed by atoms with E-state index in [9.17, 15) is 9.59 Å². The highest BCUT2D eigenvalue weighted by Gasteiger charge is 2.28. The van der Waals surface area contributed by atoms with Crippen LogP contribution in [0.1, 0.15) is 38.7 Å². The number of esters is 1. The maximum absolute atomic E-state index is 12.0. The van der Waals surface area contributed by atoms with E-state index in [1.54, 1.807) is 6.07 Å². The van der Waals surface area contributed by atoms with E-state index in [1.807, 2.05) is 25.1 Å². The second kappa shape index (κ2) is 8.71. The van der Waals surface area contributed by atoms with E-state index < -0.39 is 5.97 Å². The first kappa shape index (κ1) is 18.3. The highest BCUT2D eigenvalue weighted by Crippen LogP contribution is 2.29. The number of rotatable bonds is 6. The van der Waals surface area contributed by atoms with Crippen LogP contribution >= 0.6 is 0 Å². The maximum Gasteiger partial charge on any atom is 0.344 e. The molecule has 0 aliphatic heterocycles. The Morgan fingerprint density at radius 2 is 2.00 bits per heavy atom. The Bertz CT molecular complexity index is 572. The topological polar surface area (TPSA) is 64.6 Å². The monoisotopic (exact) mass is 333 g/mol. The van der Waals surface area contributed by atoms with Crippen LogP contribution in [-0.4, -0.2) is 31.1 Å². The van der Waals surface area contributed by atoms with Gasteiger partial charge in [-0.25, -0.2) is 4.79 Å². The fourth-order valence-electron chi connectivity index (χ4n) is 3.07. The summed E-state index contributed by atoms with van der Waals surface area (Å²) >= 11 is 0. The number of benzene rings is 1. The summed E-state index contributed by atoms with van der Waals surface area (Å²) in [6.07, 6.45) is 3.32. The number of amides is 1. The van der Waals surface area contributed by atoms with Gasteiger partial charge in [-0.2, -0.15) is 0 Å². The molecular weight excluding hydrogens is 306 g/mol. The maximum atomic E-state index is 12.0. The molecule has 1 aliphatic rings. The molecule has 1 fully saturated rings. The Morgan fingerprint density at radius 1 is 1.21 bits per heavy atom. The number of carbonyl (C=O) groups is 2. The van der Waals surface area contributed by atoms with Gasteiger partial charge in [0.2, 0.25) is 0 Å². The van der Waals surface area contributed by atoms with Crippen molar-refractivity contribution in [2.45, 2.75) is 46.1 Å². The Kier molecular flexibility index (Phi) is 6.64. The number of ether oxygens (including phenoxy) is 2. The van der Waals surface area contributed by atoms with Gasteiger partial charge in [-0.1, -0.05) is 38.8 Å². The zero-order chi connectivity index (χ0) is 17.5. The van der Waals surface area contributed by atoms with E-state index in [0.29, 0.717) is 17.6 Å². The number of hydrogen-bond donors (Lipinski definition) is 1. The molecule has 1 saturated carbocycles. The third kappa shape index (κ3) is 5.55. The second-order valence-electron chi connectivity index (χ2n) is 6.71. The van der Waals surface area contributed by atoms with Crippen LogP contribution < -0.4 is 10.1 Å². The average Bonchev–Trinajstić information content (AvgIpc) is 2.55. The van der Waals surface area contributed by atoms with Gasteiger partial charge in [-0.05, 0) is 42.9 Å². The number of carbonyl (C=O) groups excluding carboxylic acids is 2. The van der Waals surface area contributed by atoms with E-state index in [4.69, 9.17) is 9.47 Å². The molecule has 1 N–H and O–H groups in total. The first-order chi connectivity index (χ1) is 11.5. The minimum absolute atomic E-state index is 0.170. The fourth-order valence-corrected chi connectivity index (χ4v) is 3.07. The van der Waals surface area contributed by atoms with Gasteiger partial charge in [0.1, 0.15) is 5.75 Å². The van der Waals surface area contributed by atoms with Crippen molar-refractivity contribution in [3.8, 4) is 5.75 Å². The molecule has 0 spiro atoms. The van der Waals surface area contributed by atoms with Crippen LogP contribution in [0, 0.1) is 18.8 Å². The van der Waals surface area contributed by atoms with Gasteiger partial charge >= 0.3 is 5.97 Å². The zero-order valence-electron chi connectivity index (χ0n) is 14.7. The lowest BCUT2D eigenvalue weighted by Gasteiger charge is -2.34. The van der Waals surface area contributed by atoms with Crippen LogP contribution in [0.2, 0.25) is 0 Å². The molecular formula is C19H27NO4. The predicted molar refractivity (Wildman–Crippen MR) is 91.7 cm³/mol. The van der Waals surface area contributed by atoms with E-state index in [1.165, 1.54) is 6.42 Å². The SMILES string of the molecule is Cc1cccc(OCC(=O)OCC(=O)N[C@@H]2CCC[C@H](C)[C@H]2C)c1. The molecule has 1 amide bonds. The van der Waals surface area contributed by atoms with Gasteiger partial charge in [-0.3, -0.25) is 4.79 Å². The summed E-state index contributed by atoms with van der Waals surface area (Å²) in [5.74, 6) is 0.875. The van der Waals surface area contributed by atoms with Crippen molar-refractivity contribution in [1.82, 2.24) is 5.32 Å². The first-order valence-electron chi connectivity index (χ1n) is 8.60. The van der Waals surface area contributed by atoms with Crippen molar-refractivity contribution >= 4 is 11.9 Å². The smallest absolute Gasteiger partial charge is 0.344 e. The van der Waals surface area contributed by atoms with Crippen molar-refractivity contribution < 1.29 is 19.1 Å². The largest absolute Gasteiger partial charge is 0.482 e. The Morgan fingerprint density at radius 3 is 2.75 bits per heavy atom. The van der Waals surface area contributed by atoms with Gasteiger partial charge in [0, 0.05) is 6.04 Å². The van der Waals surface area contributed by atoms with Gasteiger partial charge < -0.3 is 14.8 Å².